The van der Waals surface area contributed by atoms with Crippen molar-refractivity contribution in [1.29, 1.82) is 0 Å². The summed E-state index contributed by atoms with van der Waals surface area (Å²) in [5, 5.41) is 9.13. The first kappa shape index (κ1) is 36.6. The molecule has 2 aromatic carbocycles. The molecule has 0 bridgehead atoms. The number of nitrogens with zero attached hydrogens (tertiary/aromatic N) is 5. The van der Waals surface area contributed by atoms with Crippen LogP contribution in [0.4, 0.5) is 27.3 Å². The Balaban J connectivity index is 1.05. The SMILES string of the molecule is Cc1c(=O)n(C)c(Nc2ccc(I)cc2F)c2c(=O)n(C3CC3)c(=O)n(-c3cccc(NCC4CCN(c5cncc(C6CCC(=O)NC6=O)c5)CC4)c3)c12. The molecule has 5 aromatic rings. The second-order valence-corrected chi connectivity index (χ2v) is 15.9. The van der Waals surface area contributed by atoms with E-state index in [1.54, 1.807) is 31.3 Å². The zero-order valence-electron chi connectivity index (χ0n) is 30.4. The van der Waals surface area contributed by atoms with E-state index in [9.17, 15) is 24.0 Å². The molecular formula is C40H40FIN8O5. The van der Waals surface area contributed by atoms with Gasteiger partial charge in [0.1, 0.15) is 17.0 Å². The number of aryl methyl sites for hydroxylation is 1. The third-order valence-corrected chi connectivity index (χ3v) is 11.7. The minimum absolute atomic E-state index is 0.102. The average molecular weight is 859 g/mol. The maximum Gasteiger partial charge on any atom is 0.336 e. The Morgan fingerprint density at radius 2 is 1.71 bits per heavy atom. The molecule has 8 rings (SSSR count). The van der Waals surface area contributed by atoms with Crippen molar-refractivity contribution in [3.8, 4) is 5.69 Å². The topological polar surface area (TPSA) is 152 Å². The number of carbonyl (C=O) groups is 2. The highest BCUT2D eigenvalue weighted by Crippen LogP contribution is 2.35. The molecule has 1 aliphatic carbocycles. The average Bonchev–Trinajstić information content (AvgIpc) is 4.01. The molecule has 0 radical (unpaired) electrons. The summed E-state index contributed by atoms with van der Waals surface area (Å²) in [4.78, 5) is 72.9. The van der Waals surface area contributed by atoms with E-state index in [1.165, 1.54) is 26.8 Å². The zero-order chi connectivity index (χ0) is 38.5. The van der Waals surface area contributed by atoms with Crippen LogP contribution in [0.2, 0.25) is 0 Å². The fourth-order valence-electron chi connectivity index (χ4n) is 7.81. The summed E-state index contributed by atoms with van der Waals surface area (Å²) in [7, 11) is 1.53. The van der Waals surface area contributed by atoms with E-state index >= 15 is 4.39 Å². The smallest absolute Gasteiger partial charge is 0.336 e. The molecular weight excluding hydrogens is 818 g/mol. The molecule has 0 spiro atoms. The molecule has 1 saturated carbocycles. The summed E-state index contributed by atoms with van der Waals surface area (Å²) in [6.07, 6.45) is 7.52. The molecule has 3 N–H and O–H groups in total. The van der Waals surface area contributed by atoms with Crippen LogP contribution in [0.1, 0.15) is 61.6 Å². The van der Waals surface area contributed by atoms with Crippen LogP contribution in [0, 0.1) is 22.2 Å². The van der Waals surface area contributed by atoms with Gasteiger partial charge in [-0.1, -0.05) is 6.07 Å². The third kappa shape index (κ3) is 7.05. The van der Waals surface area contributed by atoms with Gasteiger partial charge in [-0.2, -0.15) is 0 Å². The van der Waals surface area contributed by atoms with Crippen molar-refractivity contribution in [1.82, 2.24) is 24.0 Å². The van der Waals surface area contributed by atoms with Crippen molar-refractivity contribution in [2.45, 2.75) is 57.4 Å². The van der Waals surface area contributed by atoms with Gasteiger partial charge in [-0.3, -0.25) is 43.2 Å². The number of pyridine rings is 2. The number of carbonyl (C=O) groups excluding carboxylic acids is 2. The normalized spacial score (nSPS) is 17.7. The Bertz CT molecular complexity index is 2550. The van der Waals surface area contributed by atoms with E-state index in [4.69, 9.17) is 0 Å². The first-order valence-electron chi connectivity index (χ1n) is 18.5. The van der Waals surface area contributed by atoms with Crippen molar-refractivity contribution in [2.24, 2.45) is 13.0 Å². The first-order chi connectivity index (χ1) is 26.5. The molecule has 284 valence electrons. The van der Waals surface area contributed by atoms with Gasteiger partial charge in [0.15, 0.2) is 0 Å². The van der Waals surface area contributed by atoms with Crippen LogP contribution < -0.4 is 37.7 Å². The summed E-state index contributed by atoms with van der Waals surface area (Å²) in [5.41, 5.74) is 2.10. The lowest BCUT2D eigenvalue weighted by Gasteiger charge is -2.34. The molecule has 3 aliphatic rings. The van der Waals surface area contributed by atoms with Crippen molar-refractivity contribution in [3.63, 3.8) is 0 Å². The van der Waals surface area contributed by atoms with E-state index in [1.807, 2.05) is 53.1 Å². The number of benzene rings is 2. The molecule has 13 nitrogen and oxygen atoms in total. The van der Waals surface area contributed by atoms with E-state index in [-0.39, 0.29) is 51.7 Å². The lowest BCUT2D eigenvalue weighted by molar-refractivity contribution is -0.134. The largest absolute Gasteiger partial charge is 0.385 e. The monoisotopic (exact) mass is 858 g/mol. The van der Waals surface area contributed by atoms with E-state index in [2.05, 4.69) is 25.8 Å². The number of aromatic nitrogens is 4. The van der Waals surface area contributed by atoms with E-state index in [0.717, 1.165) is 42.9 Å². The van der Waals surface area contributed by atoms with Crippen molar-refractivity contribution in [2.75, 3.05) is 35.2 Å². The highest BCUT2D eigenvalue weighted by molar-refractivity contribution is 14.1. The van der Waals surface area contributed by atoms with Crippen molar-refractivity contribution in [3.05, 3.63) is 113 Å². The minimum Gasteiger partial charge on any atom is -0.385 e. The molecule has 3 aromatic heterocycles. The maximum atomic E-state index is 15.1. The van der Waals surface area contributed by atoms with Crippen LogP contribution in [0.5, 0.6) is 0 Å². The molecule has 3 fully saturated rings. The van der Waals surface area contributed by atoms with Crippen LogP contribution in [-0.2, 0) is 16.6 Å². The van der Waals surface area contributed by atoms with Gasteiger partial charge in [0.05, 0.1) is 34.7 Å². The number of halogens is 2. The molecule has 5 heterocycles. The number of amides is 2. The summed E-state index contributed by atoms with van der Waals surface area (Å²) in [6, 6.07) is 13.8. The molecule has 1 atom stereocenters. The quantitative estimate of drug-likeness (QED) is 0.134. The summed E-state index contributed by atoms with van der Waals surface area (Å²) in [6.45, 7) is 3.92. The van der Waals surface area contributed by atoms with Crippen molar-refractivity contribution < 1.29 is 14.0 Å². The van der Waals surface area contributed by atoms with E-state index < -0.39 is 22.6 Å². The number of rotatable bonds is 9. The number of nitrogens with one attached hydrogen (secondary N) is 3. The van der Waals surface area contributed by atoms with Crippen LogP contribution >= 0.6 is 22.6 Å². The van der Waals surface area contributed by atoms with Crippen molar-refractivity contribution >= 4 is 68.2 Å². The number of anilines is 4. The number of piperidine rings is 2. The van der Waals surface area contributed by atoms with Crippen LogP contribution in [-0.4, -0.2) is 50.1 Å². The number of fused-ring (bicyclic) bond motifs is 1. The predicted octanol–water partition coefficient (Wildman–Crippen LogP) is 5.23. The van der Waals surface area contributed by atoms with Gasteiger partial charge < -0.3 is 15.5 Å². The van der Waals surface area contributed by atoms with Gasteiger partial charge in [0.25, 0.3) is 11.1 Å². The Morgan fingerprint density at radius 3 is 2.44 bits per heavy atom. The van der Waals surface area contributed by atoms with Crippen LogP contribution in [0.15, 0.2) is 75.3 Å². The fourth-order valence-corrected chi connectivity index (χ4v) is 8.26. The summed E-state index contributed by atoms with van der Waals surface area (Å²) < 4.78 is 19.8. The van der Waals surface area contributed by atoms with Gasteiger partial charge in [-0.05, 0) is 116 Å². The molecule has 2 amide bonds. The van der Waals surface area contributed by atoms with Gasteiger partial charge in [-0.15, -0.1) is 0 Å². The Kier molecular flexibility index (Phi) is 9.81. The highest BCUT2D eigenvalue weighted by atomic mass is 127. The standard InChI is InChI=1S/C40H40FIN8O5/c1-22-35-34(36(47(2)38(22)53)45-32-10-6-25(42)17-31(32)41)39(54)50(27-7-8-27)40(55)49(35)28-5-3-4-26(18-28)44-19-23-12-14-48(15-13-23)29-16-24(20-43-21-29)30-9-11-33(51)46-37(30)52/h3-6,10,16-18,20-21,23,27,30,44-45H,7-9,11-15,19H2,1-2H3,(H,46,51,52). The van der Waals surface area contributed by atoms with Gasteiger partial charge in [0, 0.05) is 60.2 Å². The molecule has 2 saturated heterocycles. The molecule has 1 unspecified atom stereocenters. The Morgan fingerprint density at radius 1 is 0.927 bits per heavy atom. The Hall–Kier alpha value is -5.32. The minimum atomic E-state index is -0.538. The molecule has 15 heteroatoms. The first-order valence-corrected chi connectivity index (χ1v) is 19.6. The number of hydrogen-bond donors (Lipinski definition) is 3. The zero-order valence-corrected chi connectivity index (χ0v) is 32.6. The second-order valence-electron chi connectivity index (χ2n) is 14.7. The third-order valence-electron chi connectivity index (χ3n) is 11.0. The van der Waals surface area contributed by atoms with Gasteiger partial charge in [0.2, 0.25) is 11.8 Å². The lowest BCUT2D eigenvalue weighted by Crippen LogP contribution is -2.41. The second kappa shape index (κ2) is 14.7. The predicted molar refractivity (Wildman–Crippen MR) is 217 cm³/mol. The van der Waals surface area contributed by atoms with Crippen LogP contribution in [0.3, 0.4) is 0 Å². The molecule has 55 heavy (non-hydrogen) atoms. The fraction of sp³-hybridized carbons (Fsp3) is 0.350. The number of imide groups is 1. The number of hydrogen-bond acceptors (Lipinski definition) is 9. The lowest BCUT2D eigenvalue weighted by atomic mass is 9.91. The summed E-state index contributed by atoms with van der Waals surface area (Å²) >= 11 is 2.01. The summed E-state index contributed by atoms with van der Waals surface area (Å²) in [5.74, 6) is -0.960. The van der Waals surface area contributed by atoms with E-state index in [0.29, 0.717) is 47.4 Å². The van der Waals surface area contributed by atoms with Crippen LogP contribution in [0.25, 0.3) is 16.6 Å². The Labute approximate surface area is 328 Å². The molecule has 2 aliphatic heterocycles. The maximum absolute atomic E-state index is 15.1. The van der Waals surface area contributed by atoms with Gasteiger partial charge in [-0.25, -0.2) is 9.18 Å². The highest BCUT2D eigenvalue weighted by Gasteiger charge is 2.32. The van der Waals surface area contributed by atoms with Gasteiger partial charge >= 0.3 is 5.69 Å².